The van der Waals surface area contributed by atoms with E-state index < -0.39 is 0 Å². The van der Waals surface area contributed by atoms with Gasteiger partial charge in [0.2, 0.25) is 0 Å². The molecule has 0 radical (unpaired) electrons. The lowest BCUT2D eigenvalue weighted by molar-refractivity contribution is 0.0631. The van der Waals surface area contributed by atoms with Gasteiger partial charge in [-0.1, -0.05) is 33.1 Å². The van der Waals surface area contributed by atoms with Crippen molar-refractivity contribution < 1.29 is 9.15 Å². The van der Waals surface area contributed by atoms with Gasteiger partial charge in [0, 0.05) is 12.6 Å². The van der Waals surface area contributed by atoms with Crippen molar-refractivity contribution >= 4 is 0 Å². The Morgan fingerprint density at radius 2 is 2.05 bits per heavy atom. The molecule has 1 aromatic heterocycles. The first-order chi connectivity index (χ1) is 9.65. The van der Waals surface area contributed by atoms with Crippen LogP contribution in [0.5, 0.6) is 0 Å². The number of aryl methyl sites for hydroxylation is 1. The van der Waals surface area contributed by atoms with Gasteiger partial charge in [-0.05, 0) is 37.3 Å². The minimum absolute atomic E-state index is 0.477. The van der Waals surface area contributed by atoms with Crippen molar-refractivity contribution in [3.05, 3.63) is 23.2 Å². The summed E-state index contributed by atoms with van der Waals surface area (Å²) in [5, 5.41) is 3.39. The van der Waals surface area contributed by atoms with Gasteiger partial charge in [-0.25, -0.2) is 0 Å². The molecule has 1 saturated carbocycles. The van der Waals surface area contributed by atoms with E-state index in [1.807, 2.05) is 0 Å². The van der Waals surface area contributed by atoms with Gasteiger partial charge in [-0.3, -0.25) is 0 Å². The molecule has 0 atom stereocenters. The van der Waals surface area contributed by atoms with E-state index in [4.69, 9.17) is 9.15 Å². The number of hydrogen-bond acceptors (Lipinski definition) is 3. The Hall–Kier alpha value is -0.800. The van der Waals surface area contributed by atoms with Crippen LogP contribution in [0.3, 0.4) is 0 Å². The molecular weight excluding hydrogens is 250 g/mol. The maximum Gasteiger partial charge on any atom is 0.130 e. The van der Waals surface area contributed by atoms with E-state index in [1.54, 1.807) is 0 Å². The smallest absolute Gasteiger partial charge is 0.130 e. The van der Waals surface area contributed by atoms with E-state index in [-0.39, 0.29) is 0 Å². The van der Waals surface area contributed by atoms with Crippen LogP contribution in [-0.4, -0.2) is 12.6 Å². The van der Waals surface area contributed by atoms with Crippen LogP contribution in [0.1, 0.15) is 63.0 Å². The molecule has 0 aliphatic heterocycles. The fourth-order valence-corrected chi connectivity index (χ4v) is 2.81. The second kappa shape index (κ2) is 7.84. The van der Waals surface area contributed by atoms with Gasteiger partial charge in [0.25, 0.3) is 0 Å². The highest BCUT2D eigenvalue weighted by molar-refractivity contribution is 5.19. The Morgan fingerprint density at radius 1 is 1.30 bits per heavy atom. The van der Waals surface area contributed by atoms with E-state index in [0.717, 1.165) is 30.6 Å². The molecule has 3 nitrogen and oxygen atoms in total. The third-order valence-electron chi connectivity index (χ3n) is 4.07. The molecule has 0 amide bonds. The van der Waals surface area contributed by atoms with Crippen LogP contribution in [0.15, 0.2) is 10.5 Å². The van der Waals surface area contributed by atoms with E-state index in [0.29, 0.717) is 12.6 Å². The maximum absolute atomic E-state index is 5.87. The molecule has 1 fully saturated rings. The standard InChI is InChI=1S/C17H29NO2/c1-13(2)18-10-17-14(3)9-16(20-17)12-19-11-15-7-5-4-6-8-15/h9,13,15,18H,4-8,10-12H2,1-3H3. The van der Waals surface area contributed by atoms with Gasteiger partial charge in [0.15, 0.2) is 0 Å². The van der Waals surface area contributed by atoms with Gasteiger partial charge in [0.1, 0.15) is 18.1 Å². The van der Waals surface area contributed by atoms with Gasteiger partial charge >= 0.3 is 0 Å². The van der Waals surface area contributed by atoms with E-state index in [9.17, 15) is 0 Å². The topological polar surface area (TPSA) is 34.4 Å². The molecule has 1 N–H and O–H groups in total. The van der Waals surface area contributed by atoms with Gasteiger partial charge < -0.3 is 14.5 Å². The van der Waals surface area contributed by atoms with Crippen LogP contribution in [0.2, 0.25) is 0 Å². The normalized spacial score (nSPS) is 17.0. The highest BCUT2D eigenvalue weighted by Crippen LogP contribution is 2.24. The van der Waals surface area contributed by atoms with Crippen molar-refractivity contribution in [3.63, 3.8) is 0 Å². The first-order valence-electron chi connectivity index (χ1n) is 8.04. The van der Waals surface area contributed by atoms with Crippen LogP contribution in [0.4, 0.5) is 0 Å². The van der Waals surface area contributed by atoms with Gasteiger partial charge in [0.05, 0.1) is 6.54 Å². The summed E-state index contributed by atoms with van der Waals surface area (Å²) in [5.74, 6) is 2.76. The SMILES string of the molecule is Cc1cc(COCC2CCCCC2)oc1CNC(C)C. The summed E-state index contributed by atoms with van der Waals surface area (Å²) in [6, 6.07) is 2.59. The van der Waals surface area contributed by atoms with Crippen LogP contribution in [0.25, 0.3) is 0 Å². The first kappa shape index (κ1) is 15.6. The Morgan fingerprint density at radius 3 is 2.75 bits per heavy atom. The lowest BCUT2D eigenvalue weighted by atomic mass is 9.90. The Bertz CT molecular complexity index is 392. The monoisotopic (exact) mass is 279 g/mol. The number of rotatable bonds is 7. The third kappa shape index (κ3) is 4.95. The van der Waals surface area contributed by atoms with Crippen LogP contribution >= 0.6 is 0 Å². The Kier molecular flexibility index (Phi) is 6.11. The van der Waals surface area contributed by atoms with E-state index in [2.05, 4.69) is 32.2 Å². The molecule has 0 saturated heterocycles. The summed E-state index contributed by atoms with van der Waals surface area (Å²) in [7, 11) is 0. The zero-order valence-electron chi connectivity index (χ0n) is 13.2. The van der Waals surface area contributed by atoms with Gasteiger partial charge in [-0.2, -0.15) is 0 Å². The second-order valence-electron chi connectivity index (χ2n) is 6.37. The number of furan rings is 1. The van der Waals surface area contributed by atoms with E-state index >= 15 is 0 Å². The molecule has 1 aliphatic carbocycles. The molecule has 0 unspecified atom stereocenters. The summed E-state index contributed by atoms with van der Waals surface area (Å²) < 4.78 is 11.7. The summed E-state index contributed by atoms with van der Waals surface area (Å²) in [6.07, 6.45) is 6.82. The maximum atomic E-state index is 5.87. The molecule has 1 heterocycles. The summed E-state index contributed by atoms with van der Waals surface area (Å²) >= 11 is 0. The first-order valence-corrected chi connectivity index (χ1v) is 8.04. The van der Waals surface area contributed by atoms with Crippen LogP contribution in [-0.2, 0) is 17.9 Å². The largest absolute Gasteiger partial charge is 0.462 e. The highest BCUT2D eigenvalue weighted by Gasteiger charge is 2.14. The zero-order valence-corrected chi connectivity index (χ0v) is 13.2. The molecule has 114 valence electrons. The molecule has 1 aromatic rings. The summed E-state index contributed by atoms with van der Waals surface area (Å²) in [4.78, 5) is 0. The molecule has 2 rings (SSSR count). The average molecular weight is 279 g/mol. The average Bonchev–Trinajstić information content (AvgIpc) is 2.78. The fourth-order valence-electron chi connectivity index (χ4n) is 2.81. The van der Waals surface area contributed by atoms with Crippen molar-refractivity contribution in [2.24, 2.45) is 5.92 Å². The van der Waals surface area contributed by atoms with Crippen molar-refractivity contribution in [1.29, 1.82) is 0 Å². The highest BCUT2D eigenvalue weighted by atomic mass is 16.5. The molecular formula is C17H29NO2. The van der Waals surface area contributed by atoms with Crippen molar-refractivity contribution in [2.75, 3.05) is 6.61 Å². The number of hydrogen-bond donors (Lipinski definition) is 1. The minimum atomic E-state index is 0.477. The second-order valence-corrected chi connectivity index (χ2v) is 6.37. The van der Waals surface area contributed by atoms with Crippen LogP contribution in [0, 0.1) is 12.8 Å². The lowest BCUT2D eigenvalue weighted by Crippen LogP contribution is -2.21. The molecule has 1 aliphatic rings. The number of ether oxygens (including phenoxy) is 1. The molecule has 3 heteroatoms. The summed E-state index contributed by atoms with van der Waals surface area (Å²) in [5.41, 5.74) is 1.22. The molecule has 0 bridgehead atoms. The third-order valence-corrected chi connectivity index (χ3v) is 4.07. The van der Waals surface area contributed by atoms with Crippen LogP contribution < -0.4 is 5.32 Å². The molecule has 0 spiro atoms. The Labute approximate surface area is 123 Å². The molecule has 0 aromatic carbocycles. The van der Waals surface area contributed by atoms with Crippen molar-refractivity contribution in [1.82, 2.24) is 5.32 Å². The summed E-state index contributed by atoms with van der Waals surface area (Å²) in [6.45, 7) is 8.69. The van der Waals surface area contributed by atoms with Gasteiger partial charge in [-0.15, -0.1) is 0 Å². The zero-order chi connectivity index (χ0) is 14.4. The molecule has 20 heavy (non-hydrogen) atoms. The Balaban J connectivity index is 1.73. The van der Waals surface area contributed by atoms with Crippen molar-refractivity contribution in [3.8, 4) is 0 Å². The predicted molar refractivity (Wildman–Crippen MR) is 81.7 cm³/mol. The number of nitrogens with one attached hydrogen (secondary N) is 1. The van der Waals surface area contributed by atoms with Crippen molar-refractivity contribution in [2.45, 2.75) is 72.1 Å². The minimum Gasteiger partial charge on any atom is -0.462 e. The lowest BCUT2D eigenvalue weighted by Gasteiger charge is -2.20. The quantitative estimate of drug-likeness (QED) is 0.813. The fraction of sp³-hybridized carbons (Fsp3) is 0.765. The predicted octanol–water partition coefficient (Wildman–Crippen LogP) is 4.18. The van der Waals surface area contributed by atoms with E-state index in [1.165, 1.54) is 37.7 Å².